The van der Waals surface area contributed by atoms with Crippen LogP contribution >= 0.6 is 0 Å². The van der Waals surface area contributed by atoms with Crippen LogP contribution in [0.5, 0.6) is 0 Å². The van der Waals surface area contributed by atoms with E-state index in [0.717, 1.165) is 51.1 Å². The highest BCUT2D eigenvalue weighted by Crippen LogP contribution is 2.34. The lowest BCUT2D eigenvalue weighted by atomic mass is 9.77. The molecule has 1 saturated carbocycles. The van der Waals surface area contributed by atoms with E-state index in [1.54, 1.807) is 0 Å². The van der Waals surface area contributed by atoms with E-state index in [0.29, 0.717) is 5.91 Å². The van der Waals surface area contributed by atoms with Gasteiger partial charge in [-0.2, -0.15) is 0 Å². The van der Waals surface area contributed by atoms with E-state index >= 15 is 0 Å². The lowest BCUT2D eigenvalue weighted by Crippen LogP contribution is -2.44. The average molecular weight is 281 g/mol. The van der Waals surface area contributed by atoms with Crippen molar-refractivity contribution in [3.05, 3.63) is 0 Å². The minimum Gasteiger partial charge on any atom is -0.396 e. The first-order valence-corrected chi connectivity index (χ1v) is 8.58. The number of rotatable bonds is 5. The Morgan fingerprint density at radius 2 is 1.85 bits per heavy atom. The van der Waals surface area contributed by atoms with Crippen molar-refractivity contribution in [2.24, 2.45) is 11.3 Å². The maximum Gasteiger partial charge on any atom is 0.222 e. The third-order valence-corrected chi connectivity index (χ3v) is 5.75. The number of aliphatic hydroxyl groups is 1. The number of piperidine rings is 1. The van der Waals surface area contributed by atoms with E-state index in [2.05, 4.69) is 6.92 Å². The van der Waals surface area contributed by atoms with Crippen molar-refractivity contribution < 1.29 is 9.90 Å². The fourth-order valence-corrected chi connectivity index (χ4v) is 3.82. The number of carbonyl (C=O) groups excluding carboxylic acids is 1. The molecule has 1 aliphatic heterocycles. The summed E-state index contributed by atoms with van der Waals surface area (Å²) in [6.07, 6.45) is 11.6. The topological polar surface area (TPSA) is 40.5 Å². The van der Waals surface area contributed by atoms with E-state index in [9.17, 15) is 9.90 Å². The standard InChI is InChI=1S/C17H31NO2/c1-2-17(14-19)10-12-18(13-11-17)16(20)9-8-15-6-4-3-5-7-15/h15,19H,2-14H2,1H3. The van der Waals surface area contributed by atoms with Crippen molar-refractivity contribution in [1.29, 1.82) is 0 Å². The zero-order chi connectivity index (χ0) is 14.4. The lowest BCUT2D eigenvalue weighted by molar-refractivity contribution is -0.134. The molecule has 1 amide bonds. The highest BCUT2D eigenvalue weighted by atomic mass is 16.3. The van der Waals surface area contributed by atoms with E-state index in [1.165, 1.54) is 32.1 Å². The molecule has 1 aliphatic carbocycles. The van der Waals surface area contributed by atoms with Gasteiger partial charge in [-0.1, -0.05) is 39.0 Å². The molecule has 0 aromatic rings. The molecule has 20 heavy (non-hydrogen) atoms. The zero-order valence-electron chi connectivity index (χ0n) is 13.1. The number of amides is 1. The van der Waals surface area contributed by atoms with Crippen molar-refractivity contribution in [2.75, 3.05) is 19.7 Å². The Bertz CT molecular complexity index is 296. The Balaban J connectivity index is 1.71. The highest BCUT2D eigenvalue weighted by molar-refractivity contribution is 5.76. The van der Waals surface area contributed by atoms with Gasteiger partial charge in [0, 0.05) is 26.1 Å². The summed E-state index contributed by atoms with van der Waals surface area (Å²) in [5, 5.41) is 9.54. The number of nitrogens with zero attached hydrogens (tertiary/aromatic N) is 1. The summed E-state index contributed by atoms with van der Waals surface area (Å²) in [7, 11) is 0. The molecule has 0 aromatic carbocycles. The zero-order valence-corrected chi connectivity index (χ0v) is 13.1. The van der Waals surface area contributed by atoms with E-state index < -0.39 is 0 Å². The van der Waals surface area contributed by atoms with Crippen LogP contribution in [0.3, 0.4) is 0 Å². The molecular formula is C17H31NO2. The largest absolute Gasteiger partial charge is 0.396 e. The van der Waals surface area contributed by atoms with Crippen LogP contribution < -0.4 is 0 Å². The van der Waals surface area contributed by atoms with Gasteiger partial charge in [-0.05, 0) is 37.0 Å². The Labute approximate surface area is 123 Å². The van der Waals surface area contributed by atoms with Gasteiger partial charge in [0.25, 0.3) is 0 Å². The van der Waals surface area contributed by atoms with Crippen molar-refractivity contribution in [2.45, 2.75) is 71.1 Å². The second-order valence-corrected chi connectivity index (χ2v) is 6.94. The molecule has 0 atom stereocenters. The Morgan fingerprint density at radius 1 is 1.20 bits per heavy atom. The molecule has 1 saturated heterocycles. The van der Waals surface area contributed by atoms with Crippen LogP contribution in [0.4, 0.5) is 0 Å². The maximum absolute atomic E-state index is 12.3. The molecule has 0 aromatic heterocycles. The van der Waals surface area contributed by atoms with Gasteiger partial charge in [-0.3, -0.25) is 4.79 Å². The molecule has 0 spiro atoms. The Kier molecular flexibility index (Phi) is 5.88. The van der Waals surface area contributed by atoms with Gasteiger partial charge in [-0.25, -0.2) is 0 Å². The molecule has 2 aliphatic rings. The van der Waals surface area contributed by atoms with Crippen LogP contribution in [0.1, 0.15) is 71.1 Å². The number of hydrogen-bond donors (Lipinski definition) is 1. The van der Waals surface area contributed by atoms with E-state index in [4.69, 9.17) is 0 Å². The van der Waals surface area contributed by atoms with Gasteiger partial charge in [0.1, 0.15) is 0 Å². The van der Waals surface area contributed by atoms with Gasteiger partial charge in [-0.15, -0.1) is 0 Å². The molecule has 3 nitrogen and oxygen atoms in total. The average Bonchev–Trinajstić information content (AvgIpc) is 2.53. The normalized spacial score (nSPS) is 23.8. The second-order valence-electron chi connectivity index (χ2n) is 6.94. The minimum atomic E-state index is 0.0835. The first-order valence-electron chi connectivity index (χ1n) is 8.58. The first kappa shape index (κ1) is 15.8. The molecule has 0 unspecified atom stereocenters. The fraction of sp³-hybridized carbons (Fsp3) is 0.941. The monoisotopic (exact) mass is 281 g/mol. The molecule has 2 fully saturated rings. The lowest BCUT2D eigenvalue weighted by Gasteiger charge is -2.40. The second kappa shape index (κ2) is 7.44. The predicted molar refractivity (Wildman–Crippen MR) is 81.4 cm³/mol. The predicted octanol–water partition coefficient (Wildman–Crippen LogP) is 3.36. The summed E-state index contributed by atoms with van der Waals surface area (Å²) < 4.78 is 0. The number of hydrogen-bond acceptors (Lipinski definition) is 2. The van der Waals surface area contributed by atoms with Crippen molar-refractivity contribution >= 4 is 5.91 Å². The van der Waals surface area contributed by atoms with Crippen LogP contribution in [0.15, 0.2) is 0 Å². The van der Waals surface area contributed by atoms with Crippen molar-refractivity contribution in [3.63, 3.8) is 0 Å². The molecule has 1 N–H and O–H groups in total. The maximum atomic E-state index is 12.3. The van der Waals surface area contributed by atoms with E-state index in [-0.39, 0.29) is 12.0 Å². The Morgan fingerprint density at radius 3 is 2.40 bits per heavy atom. The fourth-order valence-electron chi connectivity index (χ4n) is 3.82. The minimum absolute atomic E-state index is 0.0835. The Hall–Kier alpha value is -0.570. The molecule has 3 heteroatoms. The SMILES string of the molecule is CCC1(CO)CCN(C(=O)CCC2CCCCC2)CC1. The van der Waals surface area contributed by atoms with Gasteiger partial charge in [0.05, 0.1) is 0 Å². The van der Waals surface area contributed by atoms with Crippen LogP contribution in [0.2, 0.25) is 0 Å². The van der Waals surface area contributed by atoms with Gasteiger partial charge >= 0.3 is 0 Å². The third kappa shape index (κ3) is 3.97. The summed E-state index contributed by atoms with van der Waals surface area (Å²) in [4.78, 5) is 14.3. The first-order chi connectivity index (χ1) is 9.69. The number of likely N-dealkylation sites (tertiary alicyclic amines) is 1. The van der Waals surface area contributed by atoms with Crippen molar-refractivity contribution in [1.82, 2.24) is 4.90 Å². The molecule has 0 bridgehead atoms. The van der Waals surface area contributed by atoms with Crippen LogP contribution in [-0.4, -0.2) is 35.6 Å². The van der Waals surface area contributed by atoms with Crippen LogP contribution in [-0.2, 0) is 4.79 Å². The summed E-state index contributed by atoms with van der Waals surface area (Å²) >= 11 is 0. The molecule has 116 valence electrons. The summed E-state index contributed by atoms with van der Waals surface area (Å²) in [6, 6.07) is 0. The third-order valence-electron chi connectivity index (χ3n) is 5.75. The number of carbonyl (C=O) groups is 1. The summed E-state index contributed by atoms with van der Waals surface area (Å²) in [5.74, 6) is 1.14. The summed E-state index contributed by atoms with van der Waals surface area (Å²) in [6.45, 7) is 4.11. The highest BCUT2D eigenvalue weighted by Gasteiger charge is 2.33. The van der Waals surface area contributed by atoms with E-state index in [1.807, 2.05) is 4.90 Å². The molecule has 1 heterocycles. The number of aliphatic hydroxyl groups excluding tert-OH is 1. The van der Waals surface area contributed by atoms with Crippen LogP contribution in [0, 0.1) is 11.3 Å². The van der Waals surface area contributed by atoms with Crippen molar-refractivity contribution in [3.8, 4) is 0 Å². The van der Waals surface area contributed by atoms with Gasteiger partial charge in [0.2, 0.25) is 5.91 Å². The smallest absolute Gasteiger partial charge is 0.222 e. The van der Waals surface area contributed by atoms with Crippen LogP contribution in [0.25, 0.3) is 0 Å². The molecule has 0 radical (unpaired) electrons. The summed E-state index contributed by atoms with van der Waals surface area (Å²) in [5.41, 5.74) is 0.0835. The molecular weight excluding hydrogens is 250 g/mol. The quantitative estimate of drug-likeness (QED) is 0.839. The van der Waals surface area contributed by atoms with Gasteiger partial charge in [0.15, 0.2) is 0 Å². The van der Waals surface area contributed by atoms with Gasteiger partial charge < -0.3 is 10.0 Å². The molecule has 2 rings (SSSR count).